The number of carbonyl (C=O) groups is 1. The maximum atomic E-state index is 11.2. The van der Waals surface area contributed by atoms with E-state index in [0.717, 1.165) is 19.3 Å². The highest BCUT2D eigenvalue weighted by Gasteiger charge is 2.28. The van der Waals surface area contributed by atoms with Gasteiger partial charge in [0.2, 0.25) is 0 Å². The number of ether oxygens (including phenoxy) is 1. The number of carbonyl (C=O) groups excluding carboxylic acids is 1. The first-order valence-electron chi connectivity index (χ1n) is 4.71. The van der Waals surface area contributed by atoms with Gasteiger partial charge < -0.3 is 4.74 Å². The fourth-order valence-electron chi connectivity index (χ4n) is 1.15. The van der Waals surface area contributed by atoms with Gasteiger partial charge in [0.15, 0.2) is 5.78 Å². The summed E-state index contributed by atoms with van der Waals surface area (Å²) in [5.74, 6) is 0.137. The summed E-state index contributed by atoms with van der Waals surface area (Å²) in [5.41, 5.74) is -0.537. The predicted octanol–water partition coefficient (Wildman–Crippen LogP) is 2.56. The van der Waals surface area contributed by atoms with Crippen molar-refractivity contribution >= 4 is 5.78 Å². The van der Waals surface area contributed by atoms with Crippen LogP contribution in [0.3, 0.4) is 0 Å². The summed E-state index contributed by atoms with van der Waals surface area (Å²) in [7, 11) is 0. The van der Waals surface area contributed by atoms with E-state index in [9.17, 15) is 4.79 Å². The number of rotatable bonds is 6. The van der Waals surface area contributed by atoms with Crippen LogP contribution in [0.2, 0.25) is 0 Å². The van der Waals surface area contributed by atoms with Gasteiger partial charge in [-0.15, -0.1) is 0 Å². The molecule has 72 valence electrons. The van der Waals surface area contributed by atoms with Gasteiger partial charge in [0.05, 0.1) is 0 Å². The van der Waals surface area contributed by atoms with Crippen molar-refractivity contribution in [2.75, 3.05) is 6.61 Å². The second-order valence-corrected chi connectivity index (χ2v) is 3.39. The molecule has 0 N–H and O–H groups in total. The first-order chi connectivity index (χ1) is 5.56. The van der Waals surface area contributed by atoms with Gasteiger partial charge in [-0.3, -0.25) is 4.79 Å². The van der Waals surface area contributed by atoms with Crippen LogP contribution in [0.4, 0.5) is 0 Å². The number of ketones is 1. The average molecular weight is 172 g/mol. The molecule has 1 unspecified atom stereocenters. The van der Waals surface area contributed by atoms with Crippen molar-refractivity contribution < 1.29 is 9.53 Å². The first-order valence-corrected chi connectivity index (χ1v) is 4.71. The Labute approximate surface area is 75.3 Å². The molecule has 0 amide bonds. The highest BCUT2D eigenvalue weighted by Crippen LogP contribution is 2.18. The van der Waals surface area contributed by atoms with E-state index in [2.05, 4.69) is 6.92 Å². The second-order valence-electron chi connectivity index (χ2n) is 3.39. The lowest BCUT2D eigenvalue weighted by molar-refractivity contribution is -0.141. The third kappa shape index (κ3) is 3.35. The van der Waals surface area contributed by atoms with Gasteiger partial charge in [0.25, 0.3) is 0 Å². The molecular formula is C10H20O2. The van der Waals surface area contributed by atoms with Crippen molar-refractivity contribution in [3.63, 3.8) is 0 Å². The van der Waals surface area contributed by atoms with Gasteiger partial charge in [-0.25, -0.2) is 0 Å². The molecular weight excluding hydrogens is 152 g/mol. The Balaban J connectivity index is 4.08. The van der Waals surface area contributed by atoms with Crippen LogP contribution < -0.4 is 0 Å². The van der Waals surface area contributed by atoms with Gasteiger partial charge >= 0.3 is 0 Å². The van der Waals surface area contributed by atoms with Gasteiger partial charge in [0, 0.05) is 6.61 Å². The van der Waals surface area contributed by atoms with Crippen LogP contribution in [-0.4, -0.2) is 18.0 Å². The van der Waals surface area contributed by atoms with Crippen molar-refractivity contribution in [3.05, 3.63) is 0 Å². The van der Waals surface area contributed by atoms with Crippen LogP contribution in [-0.2, 0) is 9.53 Å². The van der Waals surface area contributed by atoms with E-state index < -0.39 is 5.60 Å². The molecule has 2 heteroatoms. The predicted molar refractivity (Wildman–Crippen MR) is 50.2 cm³/mol. The largest absolute Gasteiger partial charge is 0.368 e. The quantitative estimate of drug-likeness (QED) is 0.615. The molecule has 0 spiro atoms. The third-order valence-electron chi connectivity index (χ3n) is 2.10. The normalized spacial score (nSPS) is 15.7. The molecule has 0 fully saturated rings. The third-order valence-corrected chi connectivity index (χ3v) is 2.10. The van der Waals surface area contributed by atoms with E-state index in [0.29, 0.717) is 6.61 Å². The number of hydrogen-bond donors (Lipinski definition) is 0. The van der Waals surface area contributed by atoms with Gasteiger partial charge in [0.1, 0.15) is 5.60 Å². The van der Waals surface area contributed by atoms with Crippen LogP contribution in [0.25, 0.3) is 0 Å². The van der Waals surface area contributed by atoms with Gasteiger partial charge in [-0.05, 0) is 26.7 Å². The van der Waals surface area contributed by atoms with E-state index in [-0.39, 0.29) is 5.78 Å². The van der Waals surface area contributed by atoms with E-state index in [1.54, 1.807) is 6.92 Å². The molecule has 0 saturated carbocycles. The van der Waals surface area contributed by atoms with Crippen molar-refractivity contribution in [1.82, 2.24) is 0 Å². The standard InChI is InChI=1S/C10H20O2/c1-5-7-10(4,9(3)11)12-8-6-2/h5-8H2,1-4H3. The van der Waals surface area contributed by atoms with Crippen LogP contribution in [0, 0.1) is 0 Å². The molecule has 0 aromatic carbocycles. The molecule has 0 heterocycles. The fraction of sp³-hybridized carbons (Fsp3) is 0.900. The van der Waals surface area contributed by atoms with Crippen LogP contribution >= 0.6 is 0 Å². The Morgan fingerprint density at radius 3 is 2.25 bits per heavy atom. The maximum absolute atomic E-state index is 11.2. The van der Waals surface area contributed by atoms with Crippen molar-refractivity contribution in [2.45, 2.75) is 52.6 Å². The monoisotopic (exact) mass is 172 g/mol. The van der Waals surface area contributed by atoms with Crippen LogP contribution in [0.5, 0.6) is 0 Å². The average Bonchev–Trinajstić information content (AvgIpc) is 2.01. The van der Waals surface area contributed by atoms with E-state index in [1.165, 1.54) is 0 Å². The van der Waals surface area contributed by atoms with E-state index >= 15 is 0 Å². The molecule has 0 aromatic heterocycles. The Kier molecular flexibility index (Phi) is 5.14. The summed E-state index contributed by atoms with van der Waals surface area (Å²) in [6.45, 7) is 8.28. The Hall–Kier alpha value is -0.370. The topological polar surface area (TPSA) is 26.3 Å². The summed E-state index contributed by atoms with van der Waals surface area (Å²) in [5, 5.41) is 0. The van der Waals surface area contributed by atoms with Crippen LogP contribution in [0.15, 0.2) is 0 Å². The number of Topliss-reactive ketones (excluding diaryl/α,β-unsaturated/α-hetero) is 1. The van der Waals surface area contributed by atoms with Crippen LogP contribution in [0.1, 0.15) is 47.0 Å². The molecule has 0 saturated heterocycles. The summed E-state index contributed by atoms with van der Waals surface area (Å²) in [6, 6.07) is 0. The Morgan fingerprint density at radius 2 is 1.92 bits per heavy atom. The summed E-state index contributed by atoms with van der Waals surface area (Å²) >= 11 is 0. The van der Waals surface area contributed by atoms with E-state index in [4.69, 9.17) is 4.74 Å². The minimum atomic E-state index is -0.537. The molecule has 0 aromatic rings. The lowest BCUT2D eigenvalue weighted by Gasteiger charge is -2.26. The SMILES string of the molecule is CCCOC(C)(CCC)C(C)=O. The summed E-state index contributed by atoms with van der Waals surface area (Å²) in [6.07, 6.45) is 2.77. The molecule has 0 rings (SSSR count). The molecule has 2 nitrogen and oxygen atoms in total. The minimum absolute atomic E-state index is 0.137. The molecule has 12 heavy (non-hydrogen) atoms. The second kappa shape index (κ2) is 5.31. The van der Waals surface area contributed by atoms with Crippen molar-refractivity contribution in [2.24, 2.45) is 0 Å². The smallest absolute Gasteiger partial charge is 0.161 e. The lowest BCUT2D eigenvalue weighted by Crippen LogP contribution is -2.36. The zero-order chi connectivity index (χ0) is 9.61. The molecule has 0 aliphatic rings. The first kappa shape index (κ1) is 11.6. The summed E-state index contributed by atoms with van der Waals surface area (Å²) < 4.78 is 5.53. The molecule has 1 atom stereocenters. The zero-order valence-corrected chi connectivity index (χ0v) is 8.64. The minimum Gasteiger partial charge on any atom is -0.368 e. The molecule has 0 aliphatic heterocycles. The van der Waals surface area contributed by atoms with Gasteiger partial charge in [-0.1, -0.05) is 20.3 Å². The lowest BCUT2D eigenvalue weighted by atomic mass is 9.96. The van der Waals surface area contributed by atoms with Gasteiger partial charge in [-0.2, -0.15) is 0 Å². The number of hydrogen-bond acceptors (Lipinski definition) is 2. The highest BCUT2D eigenvalue weighted by molar-refractivity contribution is 5.84. The molecule has 0 bridgehead atoms. The van der Waals surface area contributed by atoms with E-state index in [1.807, 2.05) is 13.8 Å². The summed E-state index contributed by atoms with van der Waals surface area (Å²) in [4.78, 5) is 11.2. The van der Waals surface area contributed by atoms with Crippen molar-refractivity contribution in [3.8, 4) is 0 Å². The highest BCUT2D eigenvalue weighted by atomic mass is 16.5. The molecule has 0 aliphatic carbocycles. The van der Waals surface area contributed by atoms with Crippen molar-refractivity contribution in [1.29, 1.82) is 0 Å². The fourth-order valence-corrected chi connectivity index (χ4v) is 1.15. The Morgan fingerprint density at radius 1 is 1.33 bits per heavy atom. The maximum Gasteiger partial charge on any atom is 0.161 e. The molecule has 0 radical (unpaired) electrons. The Bertz CT molecular complexity index is 143. The zero-order valence-electron chi connectivity index (χ0n) is 8.64.